The molecule has 0 aromatic rings. The molecule has 0 aromatic heterocycles. The van der Waals surface area contributed by atoms with E-state index < -0.39 is 18.4 Å². The zero-order valence-corrected chi connectivity index (χ0v) is 6.27. The molecule has 0 bridgehead atoms. The van der Waals surface area contributed by atoms with Crippen LogP contribution in [0.25, 0.3) is 0 Å². The number of nitroso groups, excluding NO2 is 1. The molecule has 5 nitrogen and oxygen atoms in total. The van der Waals surface area contributed by atoms with Gasteiger partial charge in [0.05, 0.1) is 12.7 Å². The average Bonchev–Trinajstić information content (AvgIpc) is 2.04. The minimum absolute atomic E-state index is 0.213. The van der Waals surface area contributed by atoms with Crippen molar-refractivity contribution in [2.45, 2.75) is 24.9 Å². The third kappa shape index (κ3) is 1.95. The minimum Gasteiger partial charge on any atom is -0.391 e. The predicted molar refractivity (Wildman–Crippen MR) is 37.0 cm³/mol. The zero-order valence-electron chi connectivity index (χ0n) is 6.27. The Balaban J connectivity index is 2.47. The van der Waals surface area contributed by atoms with E-state index in [1.165, 1.54) is 7.11 Å². The maximum Gasteiger partial charge on any atom is 0.183 e. The van der Waals surface area contributed by atoms with Crippen LogP contribution < -0.4 is 0 Å². The Morgan fingerprint density at radius 3 is 3.00 bits per heavy atom. The first-order valence-electron chi connectivity index (χ1n) is 3.43. The molecule has 1 rings (SSSR count). The maximum atomic E-state index is 10.2. The van der Waals surface area contributed by atoms with E-state index in [0.717, 1.165) is 0 Å². The summed E-state index contributed by atoms with van der Waals surface area (Å²) in [5.74, 6) is 0. The molecular formula is C6H11NO4. The van der Waals surface area contributed by atoms with Crippen LogP contribution in [0.3, 0.4) is 0 Å². The molecule has 5 heteroatoms. The topological polar surface area (TPSA) is 68.1 Å². The average molecular weight is 161 g/mol. The van der Waals surface area contributed by atoms with Crippen molar-refractivity contribution < 1.29 is 14.6 Å². The normalized spacial score (nSPS) is 38.5. The van der Waals surface area contributed by atoms with Gasteiger partial charge in [-0.15, -0.1) is 0 Å². The molecule has 0 aromatic carbocycles. The second-order valence-electron chi connectivity index (χ2n) is 2.50. The van der Waals surface area contributed by atoms with Crippen LogP contribution in [-0.2, 0) is 9.47 Å². The fraction of sp³-hybridized carbons (Fsp3) is 1.00. The Morgan fingerprint density at radius 1 is 1.73 bits per heavy atom. The first-order valence-corrected chi connectivity index (χ1v) is 3.43. The van der Waals surface area contributed by atoms with Crippen LogP contribution in [-0.4, -0.2) is 37.3 Å². The van der Waals surface area contributed by atoms with Gasteiger partial charge >= 0.3 is 0 Å². The number of hydrogen-bond donors (Lipinski definition) is 1. The van der Waals surface area contributed by atoms with Crippen LogP contribution in [0.4, 0.5) is 0 Å². The SMILES string of the molecule is CO[C@@H]1OC[C@@H](O)C[C@H]1N=O. The van der Waals surface area contributed by atoms with E-state index in [-0.39, 0.29) is 6.61 Å². The fourth-order valence-corrected chi connectivity index (χ4v) is 1.09. The Kier molecular flexibility index (Phi) is 2.92. The Hall–Kier alpha value is -0.520. The molecule has 1 aliphatic heterocycles. The van der Waals surface area contributed by atoms with Gasteiger partial charge in [0.1, 0.15) is 6.04 Å². The summed E-state index contributed by atoms with van der Waals surface area (Å²) >= 11 is 0. The number of aliphatic hydroxyl groups is 1. The monoisotopic (exact) mass is 161 g/mol. The lowest BCUT2D eigenvalue weighted by Crippen LogP contribution is -2.40. The van der Waals surface area contributed by atoms with E-state index in [2.05, 4.69) is 5.18 Å². The third-order valence-electron chi connectivity index (χ3n) is 1.65. The molecule has 0 amide bonds. The number of methoxy groups -OCH3 is 1. The van der Waals surface area contributed by atoms with Crippen molar-refractivity contribution in [1.29, 1.82) is 0 Å². The van der Waals surface area contributed by atoms with E-state index in [4.69, 9.17) is 14.6 Å². The smallest absolute Gasteiger partial charge is 0.183 e. The van der Waals surface area contributed by atoms with Gasteiger partial charge in [0.25, 0.3) is 0 Å². The first-order chi connectivity index (χ1) is 5.27. The van der Waals surface area contributed by atoms with E-state index in [9.17, 15) is 4.91 Å². The molecular weight excluding hydrogens is 150 g/mol. The maximum absolute atomic E-state index is 10.2. The largest absolute Gasteiger partial charge is 0.391 e. The summed E-state index contributed by atoms with van der Waals surface area (Å²) in [7, 11) is 1.44. The Labute approximate surface area is 64.3 Å². The number of aliphatic hydroxyl groups excluding tert-OH is 1. The van der Waals surface area contributed by atoms with Gasteiger partial charge in [-0.2, -0.15) is 4.91 Å². The highest BCUT2D eigenvalue weighted by Crippen LogP contribution is 2.17. The summed E-state index contributed by atoms with van der Waals surface area (Å²) in [5, 5.41) is 11.8. The van der Waals surface area contributed by atoms with Crippen LogP contribution in [0.5, 0.6) is 0 Å². The van der Waals surface area contributed by atoms with Gasteiger partial charge in [-0.25, -0.2) is 0 Å². The van der Waals surface area contributed by atoms with E-state index >= 15 is 0 Å². The van der Waals surface area contributed by atoms with Crippen molar-refractivity contribution in [2.24, 2.45) is 5.18 Å². The zero-order chi connectivity index (χ0) is 8.27. The highest BCUT2D eigenvalue weighted by Gasteiger charge is 2.31. The van der Waals surface area contributed by atoms with E-state index in [1.54, 1.807) is 0 Å². The molecule has 0 spiro atoms. The molecule has 64 valence electrons. The van der Waals surface area contributed by atoms with Crippen molar-refractivity contribution in [2.75, 3.05) is 13.7 Å². The van der Waals surface area contributed by atoms with Crippen LogP contribution in [0, 0.1) is 4.91 Å². The van der Waals surface area contributed by atoms with Gasteiger partial charge in [0.15, 0.2) is 6.29 Å². The summed E-state index contributed by atoms with van der Waals surface area (Å²) in [4.78, 5) is 10.2. The van der Waals surface area contributed by atoms with Crippen LogP contribution >= 0.6 is 0 Å². The molecule has 1 aliphatic rings. The molecule has 0 unspecified atom stereocenters. The van der Waals surface area contributed by atoms with Gasteiger partial charge in [-0.3, -0.25) is 0 Å². The quantitative estimate of drug-likeness (QED) is 0.573. The number of nitrogens with zero attached hydrogens (tertiary/aromatic N) is 1. The summed E-state index contributed by atoms with van der Waals surface area (Å²) in [5.41, 5.74) is 0. The Bertz CT molecular complexity index is 141. The summed E-state index contributed by atoms with van der Waals surface area (Å²) in [6.07, 6.45) is -0.859. The van der Waals surface area contributed by atoms with Gasteiger partial charge in [-0.05, 0) is 0 Å². The lowest BCUT2D eigenvalue weighted by molar-refractivity contribution is -0.182. The fourth-order valence-electron chi connectivity index (χ4n) is 1.09. The summed E-state index contributed by atoms with van der Waals surface area (Å²) < 4.78 is 9.79. The van der Waals surface area contributed by atoms with Crippen LogP contribution in [0.1, 0.15) is 6.42 Å². The lowest BCUT2D eigenvalue weighted by Gasteiger charge is -2.28. The molecule has 3 atom stereocenters. The number of ether oxygens (including phenoxy) is 2. The van der Waals surface area contributed by atoms with Crippen molar-refractivity contribution in [1.82, 2.24) is 0 Å². The highest BCUT2D eigenvalue weighted by atomic mass is 16.7. The van der Waals surface area contributed by atoms with Gasteiger partial charge in [-0.1, -0.05) is 5.18 Å². The standard InChI is InChI=1S/C6H11NO4/c1-10-6-5(7-9)2-4(8)3-11-6/h4-6,8H,2-3H2,1H3/t4-,5+,6+/m0/s1. The van der Waals surface area contributed by atoms with Gasteiger partial charge in [0, 0.05) is 13.5 Å². The second-order valence-corrected chi connectivity index (χ2v) is 2.50. The van der Waals surface area contributed by atoms with Crippen molar-refractivity contribution in [3.05, 3.63) is 4.91 Å². The minimum atomic E-state index is -0.593. The van der Waals surface area contributed by atoms with Gasteiger partial charge in [0.2, 0.25) is 0 Å². The van der Waals surface area contributed by atoms with Crippen LogP contribution in [0.2, 0.25) is 0 Å². The molecule has 0 radical (unpaired) electrons. The molecule has 0 saturated carbocycles. The highest BCUT2D eigenvalue weighted by molar-refractivity contribution is 4.78. The van der Waals surface area contributed by atoms with E-state index in [0.29, 0.717) is 6.42 Å². The summed E-state index contributed by atoms with van der Waals surface area (Å²) in [6.45, 7) is 0.213. The van der Waals surface area contributed by atoms with Crippen molar-refractivity contribution in [3.8, 4) is 0 Å². The molecule has 0 aliphatic carbocycles. The molecule has 1 N–H and O–H groups in total. The molecule has 11 heavy (non-hydrogen) atoms. The number of rotatable bonds is 2. The van der Waals surface area contributed by atoms with E-state index in [1.807, 2.05) is 0 Å². The second kappa shape index (κ2) is 3.75. The molecule has 1 heterocycles. The Morgan fingerprint density at radius 2 is 2.45 bits per heavy atom. The van der Waals surface area contributed by atoms with Crippen LogP contribution in [0.15, 0.2) is 5.18 Å². The van der Waals surface area contributed by atoms with Crippen molar-refractivity contribution in [3.63, 3.8) is 0 Å². The summed E-state index contributed by atoms with van der Waals surface area (Å²) in [6, 6.07) is -0.580. The number of hydrogen-bond acceptors (Lipinski definition) is 5. The lowest BCUT2D eigenvalue weighted by atomic mass is 10.1. The third-order valence-corrected chi connectivity index (χ3v) is 1.65. The first kappa shape index (κ1) is 8.58. The molecule has 1 fully saturated rings. The van der Waals surface area contributed by atoms with Crippen molar-refractivity contribution >= 4 is 0 Å². The molecule has 1 saturated heterocycles. The van der Waals surface area contributed by atoms with Gasteiger partial charge < -0.3 is 14.6 Å². The predicted octanol–water partition coefficient (Wildman–Crippen LogP) is -0.125.